The highest BCUT2D eigenvalue weighted by Crippen LogP contribution is 2.34. The first-order valence-corrected chi connectivity index (χ1v) is 7.63. The van der Waals surface area contributed by atoms with Crippen molar-refractivity contribution in [1.29, 1.82) is 0 Å². The van der Waals surface area contributed by atoms with E-state index >= 15 is 0 Å². The van der Waals surface area contributed by atoms with E-state index in [9.17, 15) is 15.0 Å². The van der Waals surface area contributed by atoms with Crippen molar-refractivity contribution in [1.82, 2.24) is 19.5 Å². The molecule has 0 amide bonds. The molecule has 24 heavy (non-hydrogen) atoms. The fraction of sp³-hybridized carbons (Fsp3) is 0.571. The molecule has 1 aliphatic rings. The molecule has 0 spiro atoms. The van der Waals surface area contributed by atoms with E-state index in [1.807, 2.05) is 6.92 Å². The topological polar surface area (TPSA) is 146 Å². The third kappa shape index (κ3) is 2.79. The summed E-state index contributed by atoms with van der Waals surface area (Å²) < 4.78 is 12.5. The predicted molar refractivity (Wildman–Crippen MR) is 81.5 cm³/mol. The van der Waals surface area contributed by atoms with Crippen molar-refractivity contribution < 1.29 is 24.5 Å². The molecule has 0 aliphatic carbocycles. The monoisotopic (exact) mass is 337 g/mol. The van der Waals surface area contributed by atoms with Crippen LogP contribution >= 0.6 is 0 Å². The van der Waals surface area contributed by atoms with Crippen molar-refractivity contribution in [3.05, 3.63) is 12.7 Å². The van der Waals surface area contributed by atoms with Crippen molar-refractivity contribution in [2.75, 3.05) is 12.3 Å². The first-order chi connectivity index (χ1) is 11.6. The zero-order valence-electron chi connectivity index (χ0n) is 13.1. The fourth-order valence-electron chi connectivity index (χ4n) is 2.69. The molecule has 0 radical (unpaired) electrons. The zero-order chi connectivity index (χ0) is 17.3. The average molecular weight is 337 g/mol. The Balaban J connectivity index is 1.96. The molecular weight excluding hydrogens is 318 g/mol. The number of imidazole rings is 1. The summed E-state index contributed by atoms with van der Waals surface area (Å²) in [7, 11) is 0. The second-order valence-corrected chi connectivity index (χ2v) is 5.53. The van der Waals surface area contributed by atoms with Gasteiger partial charge in [0, 0.05) is 6.42 Å². The lowest BCUT2D eigenvalue weighted by atomic mass is 10.1. The minimum absolute atomic E-state index is 0.204. The highest BCUT2D eigenvalue weighted by molar-refractivity contribution is 5.81. The van der Waals surface area contributed by atoms with Gasteiger partial charge < -0.3 is 25.4 Å². The van der Waals surface area contributed by atoms with Gasteiger partial charge in [-0.05, 0) is 6.42 Å². The average Bonchev–Trinajstić information content (AvgIpc) is 3.11. The minimum Gasteiger partial charge on any atom is -0.455 e. The highest BCUT2D eigenvalue weighted by Gasteiger charge is 2.47. The quantitative estimate of drug-likeness (QED) is 0.607. The number of ether oxygens (including phenoxy) is 2. The number of hydrogen-bond donors (Lipinski definition) is 3. The van der Waals surface area contributed by atoms with Crippen molar-refractivity contribution in [3.8, 4) is 0 Å². The normalized spacial score (nSPS) is 26.8. The Morgan fingerprint density at radius 3 is 2.96 bits per heavy atom. The molecule has 2 aromatic heterocycles. The van der Waals surface area contributed by atoms with Crippen LogP contribution in [0.25, 0.3) is 11.2 Å². The Morgan fingerprint density at radius 2 is 2.25 bits per heavy atom. The SMILES string of the molecule is CCCC(=O)O[C@H]1C(n2cnc3c(N)ncnc32)O[C@H](CO)[C@@H]1O. The van der Waals surface area contributed by atoms with Gasteiger partial charge in [-0.15, -0.1) is 0 Å². The van der Waals surface area contributed by atoms with Gasteiger partial charge in [0.1, 0.15) is 24.1 Å². The number of rotatable bonds is 5. The van der Waals surface area contributed by atoms with Crippen LogP contribution in [0.2, 0.25) is 0 Å². The van der Waals surface area contributed by atoms with Crippen molar-refractivity contribution >= 4 is 23.0 Å². The lowest BCUT2D eigenvalue weighted by Crippen LogP contribution is -2.37. The smallest absolute Gasteiger partial charge is 0.306 e. The number of nitrogens with two attached hydrogens (primary N) is 1. The number of carbonyl (C=O) groups is 1. The maximum atomic E-state index is 11.9. The molecule has 10 heteroatoms. The Morgan fingerprint density at radius 1 is 1.46 bits per heavy atom. The molecule has 1 saturated heterocycles. The highest BCUT2D eigenvalue weighted by atomic mass is 16.6. The van der Waals surface area contributed by atoms with Crippen molar-refractivity contribution in [3.63, 3.8) is 0 Å². The summed E-state index contributed by atoms with van der Waals surface area (Å²) >= 11 is 0. The molecule has 130 valence electrons. The number of aliphatic hydroxyl groups is 2. The Labute approximate surface area is 137 Å². The lowest BCUT2D eigenvalue weighted by molar-refractivity contribution is -0.158. The van der Waals surface area contributed by atoms with Gasteiger partial charge in [0.05, 0.1) is 12.9 Å². The largest absolute Gasteiger partial charge is 0.455 e. The predicted octanol–water partition coefficient (Wildman–Crippen LogP) is -0.629. The van der Waals surface area contributed by atoms with E-state index in [2.05, 4.69) is 15.0 Å². The van der Waals surface area contributed by atoms with Gasteiger partial charge in [-0.2, -0.15) is 0 Å². The number of carbonyl (C=O) groups excluding carboxylic acids is 1. The molecule has 10 nitrogen and oxygen atoms in total. The number of esters is 1. The van der Waals surface area contributed by atoms with Crippen LogP contribution in [0.5, 0.6) is 0 Å². The van der Waals surface area contributed by atoms with E-state index in [0.29, 0.717) is 17.6 Å². The molecule has 2 aromatic rings. The Bertz CT molecular complexity index is 735. The summed E-state index contributed by atoms with van der Waals surface area (Å²) in [4.78, 5) is 24.0. The van der Waals surface area contributed by atoms with E-state index in [-0.39, 0.29) is 12.2 Å². The van der Waals surface area contributed by atoms with E-state index in [0.717, 1.165) is 0 Å². The number of anilines is 1. The van der Waals surface area contributed by atoms with E-state index in [4.69, 9.17) is 15.2 Å². The molecule has 1 aliphatic heterocycles. The molecule has 0 aromatic carbocycles. The van der Waals surface area contributed by atoms with Crippen molar-refractivity contribution in [2.24, 2.45) is 0 Å². The minimum atomic E-state index is -1.17. The summed E-state index contributed by atoms with van der Waals surface area (Å²) in [6, 6.07) is 0. The third-order valence-electron chi connectivity index (χ3n) is 3.88. The van der Waals surface area contributed by atoms with E-state index in [1.54, 1.807) is 0 Å². The molecular formula is C14H19N5O5. The summed E-state index contributed by atoms with van der Waals surface area (Å²) in [5, 5.41) is 19.7. The molecule has 4 atom stereocenters. The first-order valence-electron chi connectivity index (χ1n) is 7.63. The molecule has 0 bridgehead atoms. The Hall–Kier alpha value is -2.30. The van der Waals surface area contributed by atoms with Gasteiger partial charge >= 0.3 is 5.97 Å². The molecule has 3 heterocycles. The van der Waals surface area contributed by atoms with Crippen LogP contribution in [0.15, 0.2) is 12.7 Å². The second kappa shape index (κ2) is 6.67. The van der Waals surface area contributed by atoms with Gasteiger partial charge in [0.15, 0.2) is 23.8 Å². The number of nitrogen functional groups attached to an aromatic ring is 1. The Kier molecular flexibility index (Phi) is 4.60. The van der Waals surface area contributed by atoms with Gasteiger partial charge in [0.25, 0.3) is 0 Å². The number of aromatic nitrogens is 4. The summed E-state index contributed by atoms with van der Waals surface area (Å²) in [6.45, 7) is 1.43. The number of hydrogen-bond acceptors (Lipinski definition) is 9. The summed E-state index contributed by atoms with van der Waals surface area (Å²) in [6.07, 6.45) is -0.375. The summed E-state index contributed by atoms with van der Waals surface area (Å²) in [5.41, 5.74) is 6.52. The standard InChI is InChI=1S/C14H19N5O5/c1-2-3-8(21)24-11-10(22)7(4-20)23-14(11)19-6-18-9-12(15)16-5-17-13(9)19/h5-7,10-11,14,20,22H,2-4H2,1H3,(H2,15,16,17)/t7-,10+,11-,14?/m1/s1. The molecule has 1 unspecified atom stereocenters. The van der Waals surface area contributed by atoms with Crippen LogP contribution in [0, 0.1) is 0 Å². The van der Waals surface area contributed by atoms with Gasteiger partial charge in [-0.3, -0.25) is 9.36 Å². The molecule has 0 saturated carbocycles. The number of nitrogens with zero attached hydrogens (tertiary/aromatic N) is 4. The number of fused-ring (bicyclic) bond motifs is 1. The first kappa shape index (κ1) is 16.6. The molecule has 3 rings (SSSR count). The van der Waals surface area contributed by atoms with E-state index < -0.39 is 37.1 Å². The van der Waals surface area contributed by atoms with Crippen LogP contribution in [-0.2, 0) is 14.3 Å². The summed E-state index contributed by atoms with van der Waals surface area (Å²) in [5.74, 6) is -0.247. The van der Waals surface area contributed by atoms with Gasteiger partial charge in [-0.1, -0.05) is 6.92 Å². The van der Waals surface area contributed by atoms with Gasteiger partial charge in [-0.25, -0.2) is 15.0 Å². The number of aliphatic hydroxyl groups excluding tert-OH is 2. The molecule has 4 N–H and O–H groups in total. The molecule has 1 fully saturated rings. The maximum Gasteiger partial charge on any atom is 0.306 e. The fourth-order valence-corrected chi connectivity index (χ4v) is 2.69. The van der Waals surface area contributed by atoms with Crippen molar-refractivity contribution in [2.45, 2.75) is 44.3 Å². The maximum absolute atomic E-state index is 11.9. The van der Waals surface area contributed by atoms with Crippen LogP contribution < -0.4 is 5.73 Å². The zero-order valence-corrected chi connectivity index (χ0v) is 13.1. The van der Waals surface area contributed by atoms with Crippen LogP contribution in [0.3, 0.4) is 0 Å². The third-order valence-corrected chi connectivity index (χ3v) is 3.88. The van der Waals surface area contributed by atoms with Crippen LogP contribution in [-0.4, -0.2) is 60.6 Å². The second-order valence-electron chi connectivity index (χ2n) is 5.53. The van der Waals surface area contributed by atoms with Crippen LogP contribution in [0.1, 0.15) is 26.0 Å². The van der Waals surface area contributed by atoms with E-state index in [1.165, 1.54) is 17.2 Å². The van der Waals surface area contributed by atoms with Crippen LogP contribution in [0.4, 0.5) is 5.82 Å². The van der Waals surface area contributed by atoms with Gasteiger partial charge in [0.2, 0.25) is 0 Å². The lowest BCUT2D eigenvalue weighted by Gasteiger charge is -2.21.